The van der Waals surface area contributed by atoms with E-state index in [1.54, 1.807) is 37.3 Å². The summed E-state index contributed by atoms with van der Waals surface area (Å²) in [4.78, 5) is 58.2. The topological polar surface area (TPSA) is 120 Å². The maximum Gasteiger partial charge on any atom is 0.238 e. The maximum atomic E-state index is 14.2. The standard InChI is InChI=1S/C37H31ClN4O5/c1-19-16-31(44)34-29(35(19)45)18-28-25(32(34)26-13-12-24(43)17-30(26)38)14-15-27-33(28)37(47)42(36(27)46)23-10-6-21(7-11-23)40-39-20-4-8-22(9-5-20)41(2)3/h4-14,16-17,27-28,32-33,43H,15,18H2,1-3H3. The molecule has 3 aromatic rings. The molecule has 10 heteroatoms. The van der Waals surface area contributed by atoms with Gasteiger partial charge in [0, 0.05) is 47.4 Å². The van der Waals surface area contributed by atoms with Crippen molar-refractivity contribution in [3.8, 4) is 5.75 Å². The van der Waals surface area contributed by atoms with Crippen molar-refractivity contribution in [1.29, 1.82) is 0 Å². The molecule has 0 saturated carbocycles. The molecule has 7 rings (SSSR count). The zero-order valence-corrected chi connectivity index (χ0v) is 26.7. The number of imide groups is 1. The Morgan fingerprint density at radius 2 is 1.53 bits per heavy atom. The number of hydrogen-bond donors (Lipinski definition) is 1. The fourth-order valence-electron chi connectivity index (χ4n) is 7.34. The van der Waals surface area contributed by atoms with E-state index < -0.39 is 23.7 Å². The Hall–Kier alpha value is -5.15. The third-order valence-electron chi connectivity index (χ3n) is 9.61. The van der Waals surface area contributed by atoms with Crippen LogP contribution in [0.3, 0.4) is 0 Å². The number of carbonyl (C=O) groups excluding carboxylic acids is 4. The molecule has 1 aliphatic heterocycles. The van der Waals surface area contributed by atoms with Gasteiger partial charge >= 0.3 is 0 Å². The number of Topliss-reactive ketones (excluding diaryl/α,β-unsaturated/α-hetero) is 1. The van der Waals surface area contributed by atoms with Gasteiger partial charge in [0.15, 0.2) is 11.6 Å². The highest BCUT2D eigenvalue weighted by atomic mass is 35.5. The summed E-state index contributed by atoms with van der Waals surface area (Å²) in [5, 5.41) is 18.9. The average molecular weight is 647 g/mol. The number of hydrogen-bond acceptors (Lipinski definition) is 8. The fourth-order valence-corrected chi connectivity index (χ4v) is 7.63. The monoisotopic (exact) mass is 646 g/mol. The van der Waals surface area contributed by atoms with Crippen molar-refractivity contribution in [3.05, 3.63) is 112 Å². The number of allylic oxidation sites excluding steroid dienone is 6. The molecule has 47 heavy (non-hydrogen) atoms. The minimum absolute atomic E-state index is 0.0295. The zero-order chi connectivity index (χ0) is 33.1. The number of fused-ring (bicyclic) bond motifs is 3. The van der Waals surface area contributed by atoms with Crippen LogP contribution in [0.2, 0.25) is 5.02 Å². The van der Waals surface area contributed by atoms with Crippen LogP contribution in [0.5, 0.6) is 5.75 Å². The van der Waals surface area contributed by atoms with Gasteiger partial charge < -0.3 is 10.0 Å². The normalized spacial score (nSPS) is 23.9. The second-order valence-electron chi connectivity index (χ2n) is 12.6. The van der Waals surface area contributed by atoms with Crippen LogP contribution in [0, 0.1) is 17.8 Å². The van der Waals surface area contributed by atoms with Crippen molar-refractivity contribution in [1.82, 2.24) is 0 Å². The van der Waals surface area contributed by atoms with Gasteiger partial charge in [0.2, 0.25) is 11.8 Å². The van der Waals surface area contributed by atoms with Crippen LogP contribution in [0.25, 0.3) is 0 Å². The van der Waals surface area contributed by atoms with Crippen molar-refractivity contribution in [2.45, 2.75) is 25.7 Å². The van der Waals surface area contributed by atoms with Gasteiger partial charge in [-0.2, -0.15) is 10.2 Å². The van der Waals surface area contributed by atoms with Crippen LogP contribution in [-0.2, 0) is 19.2 Å². The average Bonchev–Trinajstić information content (AvgIpc) is 3.31. The van der Waals surface area contributed by atoms with Gasteiger partial charge in [0.1, 0.15) is 5.75 Å². The van der Waals surface area contributed by atoms with Crippen molar-refractivity contribution in [2.24, 2.45) is 28.0 Å². The molecule has 0 radical (unpaired) electrons. The molecule has 4 aliphatic rings. The van der Waals surface area contributed by atoms with Crippen LogP contribution in [-0.4, -0.2) is 42.6 Å². The van der Waals surface area contributed by atoms with Gasteiger partial charge in [-0.15, -0.1) is 0 Å². The van der Waals surface area contributed by atoms with E-state index in [9.17, 15) is 24.3 Å². The first-order valence-electron chi connectivity index (χ1n) is 15.4. The number of benzene rings is 3. The minimum atomic E-state index is -0.714. The molecule has 0 spiro atoms. The van der Waals surface area contributed by atoms with Crippen LogP contribution in [0.4, 0.5) is 22.7 Å². The summed E-state index contributed by atoms with van der Waals surface area (Å²) in [6, 6.07) is 19.0. The van der Waals surface area contributed by atoms with E-state index in [0.29, 0.717) is 45.8 Å². The van der Waals surface area contributed by atoms with E-state index in [1.807, 2.05) is 49.3 Å². The molecule has 1 heterocycles. The summed E-state index contributed by atoms with van der Waals surface area (Å²) < 4.78 is 0. The van der Waals surface area contributed by atoms with Crippen molar-refractivity contribution in [3.63, 3.8) is 0 Å². The lowest BCUT2D eigenvalue weighted by molar-refractivity contribution is -0.123. The first-order valence-corrected chi connectivity index (χ1v) is 15.8. The Morgan fingerprint density at radius 1 is 0.872 bits per heavy atom. The molecule has 2 amide bonds. The highest BCUT2D eigenvalue weighted by Crippen LogP contribution is 2.56. The molecule has 1 fully saturated rings. The number of nitrogens with zero attached hydrogens (tertiary/aromatic N) is 4. The molecule has 0 aromatic heterocycles. The van der Waals surface area contributed by atoms with E-state index in [1.165, 1.54) is 23.1 Å². The molecule has 3 aliphatic carbocycles. The number of halogens is 1. The van der Waals surface area contributed by atoms with Gasteiger partial charge in [-0.05, 0) is 98.0 Å². The van der Waals surface area contributed by atoms with Crippen LogP contribution in [0.15, 0.2) is 111 Å². The number of carbonyl (C=O) groups is 4. The molecular weight excluding hydrogens is 616 g/mol. The Labute approximate surface area is 276 Å². The Kier molecular flexibility index (Phi) is 7.51. The molecular formula is C37H31ClN4O5. The molecule has 1 saturated heterocycles. The highest BCUT2D eigenvalue weighted by Gasteiger charge is 2.56. The summed E-state index contributed by atoms with van der Waals surface area (Å²) in [7, 11) is 3.92. The number of anilines is 2. The van der Waals surface area contributed by atoms with Gasteiger partial charge in [0.25, 0.3) is 0 Å². The van der Waals surface area contributed by atoms with Gasteiger partial charge in [0.05, 0.1) is 28.9 Å². The predicted molar refractivity (Wildman–Crippen MR) is 178 cm³/mol. The largest absolute Gasteiger partial charge is 0.508 e. The smallest absolute Gasteiger partial charge is 0.238 e. The van der Waals surface area contributed by atoms with Gasteiger partial charge in [-0.25, -0.2) is 0 Å². The number of phenols is 1. The molecule has 3 aromatic carbocycles. The third-order valence-corrected chi connectivity index (χ3v) is 9.94. The van der Waals surface area contributed by atoms with Crippen molar-refractivity contribution >= 4 is 57.7 Å². The van der Waals surface area contributed by atoms with E-state index >= 15 is 0 Å². The summed E-state index contributed by atoms with van der Waals surface area (Å²) in [6.07, 6.45) is 3.77. The Balaban J connectivity index is 1.20. The predicted octanol–water partition coefficient (Wildman–Crippen LogP) is 7.16. The number of amides is 2. The van der Waals surface area contributed by atoms with E-state index in [4.69, 9.17) is 11.6 Å². The second kappa shape index (κ2) is 11.6. The van der Waals surface area contributed by atoms with E-state index in [0.717, 1.165) is 11.3 Å². The maximum absolute atomic E-state index is 14.2. The molecule has 4 atom stereocenters. The summed E-state index contributed by atoms with van der Waals surface area (Å²) in [6.45, 7) is 1.61. The fraction of sp³-hybridized carbons (Fsp3) is 0.243. The first kappa shape index (κ1) is 30.5. The number of aromatic hydroxyl groups is 1. The molecule has 0 bridgehead atoms. The number of rotatable bonds is 5. The molecule has 1 N–H and O–H groups in total. The second-order valence-corrected chi connectivity index (χ2v) is 13.0. The van der Waals surface area contributed by atoms with Crippen molar-refractivity contribution < 1.29 is 24.3 Å². The highest BCUT2D eigenvalue weighted by molar-refractivity contribution is 6.32. The summed E-state index contributed by atoms with van der Waals surface area (Å²) in [5.74, 6) is -3.67. The van der Waals surface area contributed by atoms with Gasteiger partial charge in [-0.1, -0.05) is 29.3 Å². The van der Waals surface area contributed by atoms with Crippen LogP contribution < -0.4 is 9.80 Å². The van der Waals surface area contributed by atoms with Crippen molar-refractivity contribution in [2.75, 3.05) is 23.9 Å². The molecule has 236 valence electrons. The molecule has 4 unspecified atom stereocenters. The zero-order valence-electron chi connectivity index (χ0n) is 26.0. The number of ketones is 2. The van der Waals surface area contributed by atoms with Crippen LogP contribution in [0.1, 0.15) is 31.2 Å². The lowest BCUT2D eigenvalue weighted by Crippen LogP contribution is -2.39. The number of phenolic OH excluding ortho intramolecular Hbond substituents is 1. The van der Waals surface area contributed by atoms with E-state index in [2.05, 4.69) is 10.2 Å². The summed E-state index contributed by atoms with van der Waals surface area (Å²) in [5.41, 5.74) is 5.14. The Bertz CT molecular complexity index is 1990. The Morgan fingerprint density at radius 3 is 2.17 bits per heavy atom. The number of azo groups is 1. The van der Waals surface area contributed by atoms with Gasteiger partial charge in [-0.3, -0.25) is 24.1 Å². The van der Waals surface area contributed by atoms with Crippen LogP contribution >= 0.6 is 11.6 Å². The van der Waals surface area contributed by atoms with E-state index in [-0.39, 0.29) is 40.6 Å². The molecule has 9 nitrogen and oxygen atoms in total. The summed E-state index contributed by atoms with van der Waals surface area (Å²) >= 11 is 6.63. The first-order chi connectivity index (χ1) is 22.5. The quantitative estimate of drug-likeness (QED) is 0.136. The SMILES string of the molecule is CC1=CC(=O)C2=C(CC3C(=CCC4C(=O)N(c5ccc(N=Nc6ccc(N(C)C)cc6)cc5)C(=O)C43)C2c2ccc(O)cc2Cl)C1=O. The third kappa shape index (κ3) is 5.11. The lowest BCUT2D eigenvalue weighted by atomic mass is 9.59. The lowest BCUT2D eigenvalue weighted by Gasteiger charge is -2.42. The minimum Gasteiger partial charge on any atom is -0.508 e.